The molecule has 0 aromatic heterocycles. The second kappa shape index (κ2) is 14.0. The Kier molecular flexibility index (Phi) is 10.2. The smallest absolute Gasteiger partial charge is 0.272 e. The van der Waals surface area contributed by atoms with Crippen molar-refractivity contribution in [3.8, 4) is 0 Å². The van der Waals surface area contributed by atoms with Gasteiger partial charge in [0.2, 0.25) is 5.91 Å². The predicted molar refractivity (Wildman–Crippen MR) is 169 cm³/mol. The van der Waals surface area contributed by atoms with E-state index in [1.54, 1.807) is 60.7 Å². The fraction of sp³-hybridized carbons (Fsp3) is 0.0938. The lowest BCUT2D eigenvalue weighted by atomic mass is 10.1. The zero-order valence-electron chi connectivity index (χ0n) is 22.3. The van der Waals surface area contributed by atoms with E-state index in [0.29, 0.717) is 26.9 Å². The van der Waals surface area contributed by atoms with Crippen molar-refractivity contribution in [2.45, 2.75) is 18.7 Å². The van der Waals surface area contributed by atoms with E-state index in [1.807, 2.05) is 44.2 Å². The van der Waals surface area contributed by atoms with Crippen LogP contribution >= 0.6 is 35.0 Å². The van der Waals surface area contributed by atoms with Crippen LogP contribution < -0.4 is 16.0 Å². The van der Waals surface area contributed by atoms with Gasteiger partial charge in [-0.3, -0.25) is 14.4 Å². The highest BCUT2D eigenvalue weighted by Gasteiger charge is 2.16. The van der Waals surface area contributed by atoms with Crippen LogP contribution in [0.4, 0.5) is 11.4 Å². The molecule has 208 valence electrons. The average molecular weight is 605 g/mol. The molecule has 3 N–H and O–H groups in total. The van der Waals surface area contributed by atoms with Crippen molar-refractivity contribution in [1.29, 1.82) is 0 Å². The molecule has 41 heavy (non-hydrogen) atoms. The Labute approximate surface area is 253 Å². The fourth-order valence-electron chi connectivity index (χ4n) is 3.94. The van der Waals surface area contributed by atoms with Crippen LogP contribution in [0.5, 0.6) is 0 Å². The second-order valence-electron chi connectivity index (χ2n) is 9.24. The molecule has 0 fully saturated rings. The van der Waals surface area contributed by atoms with E-state index in [-0.39, 0.29) is 17.4 Å². The molecule has 0 atom stereocenters. The van der Waals surface area contributed by atoms with Gasteiger partial charge in [-0.1, -0.05) is 53.5 Å². The third-order valence-corrected chi connectivity index (χ3v) is 7.35. The van der Waals surface area contributed by atoms with E-state index >= 15 is 0 Å². The zero-order valence-corrected chi connectivity index (χ0v) is 24.7. The minimum atomic E-state index is -0.534. The van der Waals surface area contributed by atoms with Crippen molar-refractivity contribution in [1.82, 2.24) is 5.32 Å². The molecule has 4 aromatic rings. The summed E-state index contributed by atoms with van der Waals surface area (Å²) in [7, 11) is 0. The SMILES string of the molecule is Cc1cc(C)cc(NC(=O)CSc2ccc(NC(=O)/C(=C/c3ccc(Cl)cc3Cl)NC(=O)c3ccccc3)cc2)c1. The quantitative estimate of drug-likeness (QED) is 0.135. The number of carbonyl (C=O) groups is 3. The largest absolute Gasteiger partial charge is 0.325 e. The van der Waals surface area contributed by atoms with Gasteiger partial charge in [0.05, 0.1) is 5.75 Å². The molecule has 4 rings (SSSR count). The highest BCUT2D eigenvalue weighted by molar-refractivity contribution is 8.00. The number of anilines is 2. The van der Waals surface area contributed by atoms with Crippen molar-refractivity contribution in [2.75, 3.05) is 16.4 Å². The Hall–Kier alpha value is -4.04. The summed E-state index contributed by atoms with van der Waals surface area (Å²) in [4.78, 5) is 39.4. The summed E-state index contributed by atoms with van der Waals surface area (Å²) < 4.78 is 0. The van der Waals surface area contributed by atoms with Crippen LogP contribution in [0.25, 0.3) is 6.08 Å². The number of benzene rings is 4. The highest BCUT2D eigenvalue weighted by Crippen LogP contribution is 2.24. The summed E-state index contributed by atoms with van der Waals surface area (Å²) in [5.74, 6) is -0.850. The van der Waals surface area contributed by atoms with E-state index in [0.717, 1.165) is 21.7 Å². The van der Waals surface area contributed by atoms with Gasteiger partial charge in [-0.2, -0.15) is 0 Å². The van der Waals surface area contributed by atoms with Crippen LogP contribution in [0.1, 0.15) is 27.0 Å². The molecule has 0 aliphatic heterocycles. The molecular formula is C32H27Cl2N3O3S. The maximum absolute atomic E-state index is 13.3. The maximum atomic E-state index is 13.3. The first-order valence-electron chi connectivity index (χ1n) is 12.6. The lowest BCUT2D eigenvalue weighted by molar-refractivity contribution is -0.114. The Morgan fingerprint density at radius 3 is 2.12 bits per heavy atom. The van der Waals surface area contributed by atoms with Gasteiger partial charge >= 0.3 is 0 Å². The topological polar surface area (TPSA) is 87.3 Å². The molecule has 0 radical (unpaired) electrons. The fourth-order valence-corrected chi connectivity index (χ4v) is 5.10. The number of nitrogens with one attached hydrogen (secondary N) is 3. The van der Waals surface area contributed by atoms with Gasteiger partial charge < -0.3 is 16.0 Å². The molecule has 0 saturated heterocycles. The molecule has 0 saturated carbocycles. The lowest BCUT2D eigenvalue weighted by Crippen LogP contribution is -2.30. The van der Waals surface area contributed by atoms with Crippen LogP contribution in [0.15, 0.2) is 102 Å². The zero-order chi connectivity index (χ0) is 29.4. The van der Waals surface area contributed by atoms with Crippen molar-refractivity contribution in [3.05, 3.63) is 129 Å². The number of rotatable bonds is 9. The molecule has 4 aromatic carbocycles. The molecule has 0 aliphatic carbocycles. The first-order valence-corrected chi connectivity index (χ1v) is 14.4. The van der Waals surface area contributed by atoms with Crippen molar-refractivity contribution in [2.24, 2.45) is 0 Å². The summed E-state index contributed by atoms with van der Waals surface area (Å²) in [5.41, 5.74) is 4.37. The predicted octanol–water partition coefficient (Wildman–Crippen LogP) is 7.75. The van der Waals surface area contributed by atoms with Crippen molar-refractivity contribution < 1.29 is 14.4 Å². The number of carbonyl (C=O) groups excluding carboxylic acids is 3. The lowest BCUT2D eigenvalue weighted by Gasteiger charge is -2.12. The van der Waals surface area contributed by atoms with Gasteiger partial charge in [0.15, 0.2) is 0 Å². The van der Waals surface area contributed by atoms with Gasteiger partial charge in [-0.25, -0.2) is 0 Å². The van der Waals surface area contributed by atoms with E-state index < -0.39 is 11.8 Å². The van der Waals surface area contributed by atoms with Gasteiger partial charge in [-0.05, 0) is 97.3 Å². The summed E-state index contributed by atoms with van der Waals surface area (Å²) in [6, 6.07) is 26.4. The summed E-state index contributed by atoms with van der Waals surface area (Å²) in [5, 5.41) is 9.20. The van der Waals surface area contributed by atoms with Crippen LogP contribution in [0.2, 0.25) is 10.0 Å². The number of amides is 3. The van der Waals surface area contributed by atoms with Crippen LogP contribution in [-0.2, 0) is 9.59 Å². The van der Waals surface area contributed by atoms with Gasteiger partial charge in [0.25, 0.3) is 11.8 Å². The van der Waals surface area contributed by atoms with Crippen LogP contribution in [0.3, 0.4) is 0 Å². The monoisotopic (exact) mass is 603 g/mol. The standard InChI is InChI=1S/C32H27Cl2N3O3S/c1-20-14-21(2)16-26(15-20)35-30(38)19-41-27-12-10-25(11-13-27)36-32(40)29(17-23-8-9-24(33)18-28(23)34)37-31(39)22-6-4-3-5-7-22/h3-18H,19H2,1-2H3,(H,35,38)(H,36,40)(H,37,39)/b29-17-. The van der Waals surface area contributed by atoms with Crippen LogP contribution in [-0.4, -0.2) is 23.5 Å². The first kappa shape index (κ1) is 29.9. The van der Waals surface area contributed by atoms with E-state index in [1.165, 1.54) is 17.8 Å². The molecule has 0 spiro atoms. The number of hydrogen-bond acceptors (Lipinski definition) is 4. The number of aryl methyl sites for hydroxylation is 2. The average Bonchev–Trinajstić information content (AvgIpc) is 2.93. The van der Waals surface area contributed by atoms with Gasteiger partial charge in [0.1, 0.15) is 5.70 Å². The first-order chi connectivity index (χ1) is 19.7. The third-order valence-electron chi connectivity index (χ3n) is 5.78. The van der Waals surface area contributed by atoms with Crippen LogP contribution in [0, 0.1) is 13.8 Å². The minimum Gasteiger partial charge on any atom is -0.325 e. The normalized spacial score (nSPS) is 11.1. The molecule has 3 amide bonds. The minimum absolute atomic E-state index is 0.00424. The molecule has 9 heteroatoms. The molecule has 0 aliphatic rings. The number of thioether (sulfide) groups is 1. The molecule has 0 heterocycles. The van der Waals surface area contributed by atoms with Crippen molar-refractivity contribution in [3.63, 3.8) is 0 Å². The van der Waals surface area contributed by atoms with Gasteiger partial charge in [-0.15, -0.1) is 11.8 Å². The molecule has 0 unspecified atom stereocenters. The maximum Gasteiger partial charge on any atom is 0.272 e. The molecule has 0 bridgehead atoms. The van der Waals surface area contributed by atoms with Crippen molar-refractivity contribution >= 4 is 70.1 Å². The van der Waals surface area contributed by atoms with E-state index in [4.69, 9.17) is 23.2 Å². The van der Waals surface area contributed by atoms with E-state index in [2.05, 4.69) is 16.0 Å². The summed E-state index contributed by atoms with van der Waals surface area (Å²) >= 11 is 13.7. The molecular weight excluding hydrogens is 577 g/mol. The Morgan fingerprint density at radius 2 is 1.46 bits per heavy atom. The van der Waals surface area contributed by atoms with Gasteiger partial charge in [0, 0.05) is 31.9 Å². The molecule has 6 nitrogen and oxygen atoms in total. The Balaban J connectivity index is 1.42. The Bertz CT molecular complexity index is 1590. The third kappa shape index (κ3) is 8.98. The number of hydrogen-bond donors (Lipinski definition) is 3. The summed E-state index contributed by atoms with van der Waals surface area (Å²) in [6.45, 7) is 3.97. The Morgan fingerprint density at radius 1 is 0.780 bits per heavy atom. The summed E-state index contributed by atoms with van der Waals surface area (Å²) in [6.07, 6.45) is 1.49. The number of halogens is 2. The highest BCUT2D eigenvalue weighted by atomic mass is 35.5. The van der Waals surface area contributed by atoms with E-state index in [9.17, 15) is 14.4 Å². The second-order valence-corrected chi connectivity index (χ2v) is 11.1.